The molecule has 0 amide bonds. The Bertz CT molecular complexity index is 1430. The van der Waals surface area contributed by atoms with Gasteiger partial charge in [0.15, 0.2) is 11.5 Å². The molecule has 5 aromatic rings. The van der Waals surface area contributed by atoms with Crippen LogP contribution < -0.4 is 24.8 Å². The summed E-state index contributed by atoms with van der Waals surface area (Å²) >= 11 is 0. The zero-order valence-corrected chi connectivity index (χ0v) is 19.2. The van der Waals surface area contributed by atoms with E-state index in [9.17, 15) is 0 Å². The lowest BCUT2D eigenvalue weighted by Crippen LogP contribution is -2.03. The van der Waals surface area contributed by atoms with Crippen molar-refractivity contribution in [2.24, 2.45) is 0 Å². The van der Waals surface area contributed by atoms with Crippen LogP contribution >= 0.6 is 0 Å². The maximum atomic E-state index is 5.90. The van der Waals surface area contributed by atoms with Crippen molar-refractivity contribution in [2.75, 3.05) is 24.9 Å². The molecule has 0 spiro atoms. The van der Waals surface area contributed by atoms with Crippen molar-refractivity contribution in [2.45, 2.75) is 0 Å². The van der Waals surface area contributed by atoms with Gasteiger partial charge in [0.2, 0.25) is 5.95 Å². The van der Waals surface area contributed by atoms with Gasteiger partial charge in [0.1, 0.15) is 17.3 Å². The van der Waals surface area contributed by atoms with Gasteiger partial charge in [0.05, 0.1) is 19.7 Å². The number of aromatic nitrogens is 3. The van der Waals surface area contributed by atoms with Crippen LogP contribution in [-0.2, 0) is 0 Å². The smallest absolute Gasteiger partial charge is 0.229 e. The third kappa shape index (κ3) is 5.06. The minimum Gasteiger partial charge on any atom is -0.493 e. The lowest BCUT2D eigenvalue weighted by Gasteiger charge is -2.15. The van der Waals surface area contributed by atoms with Crippen LogP contribution in [0.15, 0.2) is 91.3 Å². The number of methoxy groups -OCH3 is 2. The average Bonchev–Trinajstić information content (AvgIpc) is 2.90. The van der Waals surface area contributed by atoms with E-state index >= 15 is 0 Å². The van der Waals surface area contributed by atoms with Gasteiger partial charge >= 0.3 is 0 Å². The van der Waals surface area contributed by atoms with Crippen LogP contribution in [0.5, 0.6) is 23.0 Å². The molecule has 2 heterocycles. The Kier molecular flexibility index (Phi) is 6.25. The number of ether oxygens (including phenoxy) is 3. The van der Waals surface area contributed by atoms with Crippen LogP contribution in [0.2, 0.25) is 0 Å². The van der Waals surface area contributed by atoms with Crippen molar-refractivity contribution in [1.82, 2.24) is 15.0 Å². The van der Waals surface area contributed by atoms with Crippen LogP contribution in [-0.4, -0.2) is 29.2 Å². The number of rotatable bonds is 8. The van der Waals surface area contributed by atoms with Crippen LogP contribution in [0.4, 0.5) is 23.1 Å². The minimum atomic E-state index is 0.433. The van der Waals surface area contributed by atoms with Crippen molar-refractivity contribution in [3.05, 3.63) is 91.3 Å². The van der Waals surface area contributed by atoms with E-state index in [1.807, 2.05) is 78.9 Å². The Labute approximate surface area is 202 Å². The van der Waals surface area contributed by atoms with Crippen LogP contribution in [0, 0.1) is 0 Å². The number of hydrogen-bond donors (Lipinski definition) is 2. The second kappa shape index (κ2) is 9.96. The quantitative estimate of drug-likeness (QED) is 0.275. The highest BCUT2D eigenvalue weighted by molar-refractivity contribution is 5.94. The number of para-hydroxylation sites is 1. The molecule has 2 aromatic heterocycles. The molecule has 8 heteroatoms. The molecule has 0 saturated carbocycles. The molecule has 3 aromatic carbocycles. The number of pyridine rings is 1. The first kappa shape index (κ1) is 22.0. The Morgan fingerprint density at radius 1 is 0.657 bits per heavy atom. The average molecular weight is 466 g/mol. The van der Waals surface area contributed by atoms with E-state index in [4.69, 9.17) is 19.2 Å². The highest BCUT2D eigenvalue weighted by Crippen LogP contribution is 2.36. The SMILES string of the molecule is COc1cc2nc(Nc3ccncc3)nc(Nc3ccc(Oc4ccccc4)cc3)c2cc1OC. The molecule has 8 nitrogen and oxygen atoms in total. The fourth-order valence-electron chi connectivity index (χ4n) is 3.54. The third-order valence-electron chi connectivity index (χ3n) is 5.23. The summed E-state index contributed by atoms with van der Waals surface area (Å²) in [7, 11) is 3.20. The topological polar surface area (TPSA) is 90.4 Å². The molecule has 0 bridgehead atoms. The Morgan fingerprint density at radius 2 is 1.31 bits per heavy atom. The van der Waals surface area contributed by atoms with Crippen LogP contribution in [0.1, 0.15) is 0 Å². The normalized spacial score (nSPS) is 10.6. The summed E-state index contributed by atoms with van der Waals surface area (Å²) in [4.78, 5) is 13.5. The van der Waals surface area contributed by atoms with E-state index in [-0.39, 0.29) is 0 Å². The summed E-state index contributed by atoms with van der Waals surface area (Å²) in [6.45, 7) is 0. The van der Waals surface area contributed by atoms with E-state index in [2.05, 4.69) is 20.6 Å². The van der Waals surface area contributed by atoms with Gasteiger partial charge in [-0.25, -0.2) is 4.98 Å². The second-order valence-electron chi connectivity index (χ2n) is 7.55. The fraction of sp³-hybridized carbons (Fsp3) is 0.0741. The second-order valence-corrected chi connectivity index (χ2v) is 7.55. The molecule has 0 saturated heterocycles. The van der Waals surface area contributed by atoms with E-state index < -0.39 is 0 Å². The number of hydrogen-bond acceptors (Lipinski definition) is 8. The summed E-state index contributed by atoms with van der Waals surface area (Å²) in [5.41, 5.74) is 2.36. The largest absolute Gasteiger partial charge is 0.493 e. The standard InChI is InChI=1S/C27H23N5O3/c1-33-24-16-22-23(17-25(24)34-2)31-27(30-19-12-14-28-15-13-19)32-26(22)29-18-8-10-21(11-9-18)35-20-6-4-3-5-7-20/h3-17H,1-2H3,(H2,28,29,30,31,32). The molecule has 0 aliphatic heterocycles. The summed E-state index contributed by atoms with van der Waals surface area (Å²) in [6.07, 6.45) is 3.41. The minimum absolute atomic E-state index is 0.433. The van der Waals surface area contributed by atoms with E-state index in [1.54, 1.807) is 26.6 Å². The van der Waals surface area contributed by atoms with Gasteiger partial charge in [-0.05, 0) is 54.6 Å². The number of benzene rings is 3. The molecule has 0 unspecified atom stereocenters. The van der Waals surface area contributed by atoms with Crippen molar-refractivity contribution in [1.29, 1.82) is 0 Å². The van der Waals surface area contributed by atoms with E-state index in [0.29, 0.717) is 28.8 Å². The monoisotopic (exact) mass is 465 g/mol. The first-order chi connectivity index (χ1) is 17.2. The zero-order chi connectivity index (χ0) is 24.0. The lowest BCUT2D eigenvalue weighted by atomic mass is 10.2. The number of fused-ring (bicyclic) bond motifs is 1. The highest BCUT2D eigenvalue weighted by atomic mass is 16.5. The molecule has 174 valence electrons. The Morgan fingerprint density at radius 3 is 2.03 bits per heavy atom. The van der Waals surface area contributed by atoms with Crippen molar-refractivity contribution in [3.63, 3.8) is 0 Å². The van der Waals surface area contributed by atoms with Crippen molar-refractivity contribution >= 4 is 34.0 Å². The molecule has 5 rings (SSSR count). The van der Waals surface area contributed by atoms with E-state index in [0.717, 1.165) is 28.3 Å². The molecule has 0 aliphatic rings. The predicted octanol–water partition coefficient (Wildman–Crippen LogP) is 6.32. The molecule has 0 aliphatic carbocycles. The van der Waals surface area contributed by atoms with Crippen molar-refractivity contribution < 1.29 is 14.2 Å². The molecule has 2 N–H and O–H groups in total. The maximum absolute atomic E-state index is 5.90. The van der Waals surface area contributed by atoms with Gasteiger partial charge in [0, 0.05) is 35.2 Å². The number of anilines is 4. The lowest BCUT2D eigenvalue weighted by molar-refractivity contribution is 0.356. The van der Waals surface area contributed by atoms with Crippen LogP contribution in [0.3, 0.4) is 0 Å². The first-order valence-corrected chi connectivity index (χ1v) is 10.9. The highest BCUT2D eigenvalue weighted by Gasteiger charge is 2.14. The first-order valence-electron chi connectivity index (χ1n) is 10.9. The van der Waals surface area contributed by atoms with Gasteiger partial charge in [-0.1, -0.05) is 18.2 Å². The summed E-state index contributed by atoms with van der Waals surface area (Å²) in [6, 6.07) is 24.7. The Hall–Kier alpha value is -4.85. The fourth-order valence-corrected chi connectivity index (χ4v) is 3.54. The third-order valence-corrected chi connectivity index (χ3v) is 5.23. The molecule has 35 heavy (non-hydrogen) atoms. The van der Waals surface area contributed by atoms with E-state index in [1.165, 1.54) is 0 Å². The summed E-state index contributed by atoms with van der Waals surface area (Å²) in [5, 5.41) is 7.41. The van der Waals surface area contributed by atoms with Gasteiger partial charge in [-0.3, -0.25) is 4.98 Å². The predicted molar refractivity (Wildman–Crippen MR) is 136 cm³/mol. The summed E-state index contributed by atoms with van der Waals surface area (Å²) in [5.74, 6) is 3.74. The molecular formula is C27H23N5O3. The molecule has 0 fully saturated rings. The Balaban J connectivity index is 1.49. The molecule has 0 radical (unpaired) electrons. The van der Waals surface area contributed by atoms with Gasteiger partial charge in [0.25, 0.3) is 0 Å². The number of nitrogens with zero attached hydrogens (tertiary/aromatic N) is 3. The van der Waals surface area contributed by atoms with Crippen LogP contribution in [0.25, 0.3) is 10.9 Å². The zero-order valence-electron chi connectivity index (χ0n) is 19.2. The molecular weight excluding hydrogens is 442 g/mol. The summed E-state index contributed by atoms with van der Waals surface area (Å²) < 4.78 is 16.9. The van der Waals surface area contributed by atoms with Gasteiger partial charge < -0.3 is 24.8 Å². The van der Waals surface area contributed by atoms with Gasteiger partial charge in [-0.2, -0.15) is 4.98 Å². The number of nitrogens with one attached hydrogen (secondary N) is 2. The molecule has 0 atom stereocenters. The van der Waals surface area contributed by atoms with Gasteiger partial charge in [-0.15, -0.1) is 0 Å². The van der Waals surface area contributed by atoms with Crippen molar-refractivity contribution in [3.8, 4) is 23.0 Å². The maximum Gasteiger partial charge on any atom is 0.229 e.